The van der Waals surface area contributed by atoms with Crippen LogP contribution in [0.5, 0.6) is 11.5 Å². The Morgan fingerprint density at radius 2 is 1.79 bits per heavy atom. The maximum atomic E-state index is 13.1. The number of aliphatic imine (C=N–C) groups is 1. The van der Waals surface area contributed by atoms with Crippen LogP contribution < -0.4 is 9.47 Å². The number of nitrogens with zero attached hydrogens (tertiary/aromatic N) is 2. The molecule has 0 fully saturated rings. The van der Waals surface area contributed by atoms with Gasteiger partial charge in [0.2, 0.25) is 12.7 Å². The first-order valence-corrected chi connectivity index (χ1v) is 9.25. The third-order valence-corrected chi connectivity index (χ3v) is 4.99. The van der Waals surface area contributed by atoms with Gasteiger partial charge in [0.15, 0.2) is 17.1 Å². The van der Waals surface area contributed by atoms with Crippen molar-refractivity contribution >= 4 is 38.9 Å². The Bertz CT molecular complexity index is 1220. The number of hydrogen-bond donors (Lipinski definition) is 0. The summed E-state index contributed by atoms with van der Waals surface area (Å²) >= 11 is 3.52. The van der Waals surface area contributed by atoms with Crippen LogP contribution in [0.2, 0.25) is 0 Å². The lowest BCUT2D eigenvalue weighted by molar-refractivity contribution is 0.174. The molecule has 0 spiro atoms. The summed E-state index contributed by atoms with van der Waals surface area (Å²) in [5, 5.41) is 0. The summed E-state index contributed by atoms with van der Waals surface area (Å²) in [7, 11) is 0. The zero-order valence-electron chi connectivity index (χ0n) is 14.4. The van der Waals surface area contributed by atoms with Gasteiger partial charge in [-0.25, -0.2) is 9.37 Å². The van der Waals surface area contributed by atoms with Crippen LogP contribution >= 0.6 is 15.9 Å². The molecule has 7 heteroatoms. The van der Waals surface area contributed by atoms with Gasteiger partial charge in [0.05, 0.1) is 5.69 Å². The van der Waals surface area contributed by atoms with Gasteiger partial charge in [-0.2, -0.15) is 0 Å². The highest BCUT2D eigenvalue weighted by molar-refractivity contribution is 9.10. The SMILES string of the molecule is Fc1ccc(-c2nc3cc(N=Cc4cc5c(cc4Br)OCO5)ccc3o2)cc1. The Kier molecular flexibility index (Phi) is 4.09. The van der Waals surface area contributed by atoms with Gasteiger partial charge in [-0.3, -0.25) is 4.99 Å². The topological polar surface area (TPSA) is 56.9 Å². The predicted octanol–water partition coefficient (Wildman–Crippen LogP) is 5.88. The fraction of sp³-hybridized carbons (Fsp3) is 0.0476. The van der Waals surface area contributed by atoms with Gasteiger partial charge in [0.1, 0.15) is 11.3 Å². The monoisotopic (exact) mass is 438 g/mol. The van der Waals surface area contributed by atoms with Crippen LogP contribution in [0, 0.1) is 5.82 Å². The average molecular weight is 439 g/mol. The van der Waals surface area contributed by atoms with Crippen molar-refractivity contribution in [2.24, 2.45) is 4.99 Å². The number of fused-ring (bicyclic) bond motifs is 2. The second-order valence-electron chi connectivity index (χ2n) is 6.16. The molecule has 2 heterocycles. The van der Waals surface area contributed by atoms with E-state index in [2.05, 4.69) is 25.9 Å². The number of oxazole rings is 1. The molecule has 5 rings (SSSR count). The Balaban J connectivity index is 1.45. The summed E-state index contributed by atoms with van der Waals surface area (Å²) in [5.74, 6) is 1.54. The van der Waals surface area contributed by atoms with E-state index in [1.54, 1.807) is 18.3 Å². The van der Waals surface area contributed by atoms with Crippen LogP contribution in [0.3, 0.4) is 0 Å². The van der Waals surface area contributed by atoms with E-state index < -0.39 is 0 Å². The number of aromatic nitrogens is 1. The Labute approximate surface area is 167 Å². The largest absolute Gasteiger partial charge is 0.454 e. The molecule has 28 heavy (non-hydrogen) atoms. The predicted molar refractivity (Wildman–Crippen MR) is 107 cm³/mol. The highest BCUT2D eigenvalue weighted by atomic mass is 79.9. The van der Waals surface area contributed by atoms with Gasteiger partial charge in [0, 0.05) is 21.8 Å². The van der Waals surface area contributed by atoms with Crippen LogP contribution in [0.25, 0.3) is 22.6 Å². The molecular weight excluding hydrogens is 427 g/mol. The fourth-order valence-corrected chi connectivity index (χ4v) is 3.31. The number of rotatable bonds is 3. The van der Waals surface area contributed by atoms with E-state index in [0.717, 1.165) is 15.7 Å². The number of halogens is 2. The minimum Gasteiger partial charge on any atom is -0.454 e. The number of hydrogen-bond acceptors (Lipinski definition) is 5. The van der Waals surface area contributed by atoms with Crippen molar-refractivity contribution < 1.29 is 18.3 Å². The molecular formula is C21H12BrFN2O3. The average Bonchev–Trinajstić information content (AvgIpc) is 3.32. The molecule has 0 unspecified atom stereocenters. The van der Waals surface area contributed by atoms with Crippen molar-refractivity contribution in [3.05, 3.63) is 70.5 Å². The maximum Gasteiger partial charge on any atom is 0.231 e. The highest BCUT2D eigenvalue weighted by Gasteiger charge is 2.15. The molecule has 1 aliphatic rings. The fourth-order valence-electron chi connectivity index (χ4n) is 2.89. The quantitative estimate of drug-likeness (QED) is 0.375. The van der Waals surface area contributed by atoms with Crippen molar-refractivity contribution in [1.29, 1.82) is 0 Å². The van der Waals surface area contributed by atoms with Gasteiger partial charge < -0.3 is 13.9 Å². The van der Waals surface area contributed by atoms with Crippen molar-refractivity contribution in [2.45, 2.75) is 0 Å². The van der Waals surface area contributed by atoms with E-state index in [4.69, 9.17) is 13.9 Å². The smallest absolute Gasteiger partial charge is 0.231 e. The first-order valence-electron chi connectivity index (χ1n) is 8.45. The van der Waals surface area contributed by atoms with Crippen LogP contribution in [-0.4, -0.2) is 18.0 Å². The molecule has 3 aromatic carbocycles. The minimum atomic E-state index is -0.300. The number of benzene rings is 3. The van der Waals surface area contributed by atoms with Gasteiger partial charge in [-0.05, 0) is 70.5 Å². The molecule has 0 saturated heterocycles. The lowest BCUT2D eigenvalue weighted by Crippen LogP contribution is -1.92. The Morgan fingerprint density at radius 1 is 1.00 bits per heavy atom. The summed E-state index contributed by atoms with van der Waals surface area (Å²) in [6.07, 6.45) is 1.74. The molecule has 5 nitrogen and oxygen atoms in total. The maximum absolute atomic E-state index is 13.1. The lowest BCUT2D eigenvalue weighted by atomic mass is 10.2. The van der Waals surface area contributed by atoms with E-state index in [0.29, 0.717) is 34.1 Å². The van der Waals surface area contributed by atoms with E-state index >= 15 is 0 Å². The molecule has 138 valence electrons. The zero-order chi connectivity index (χ0) is 19.1. The van der Waals surface area contributed by atoms with E-state index in [9.17, 15) is 4.39 Å². The molecule has 0 atom stereocenters. The standard InChI is InChI=1S/C21H12BrFN2O3/c22-16-9-20-19(26-11-27-20)7-13(16)10-24-15-5-6-18-17(8-15)25-21(28-18)12-1-3-14(23)4-2-12/h1-10H,11H2. The highest BCUT2D eigenvalue weighted by Crippen LogP contribution is 2.36. The van der Waals surface area contributed by atoms with Crippen LogP contribution in [0.4, 0.5) is 10.1 Å². The second-order valence-corrected chi connectivity index (χ2v) is 7.02. The zero-order valence-corrected chi connectivity index (χ0v) is 15.9. The van der Waals surface area contributed by atoms with E-state index in [1.807, 2.05) is 30.3 Å². The minimum absolute atomic E-state index is 0.224. The molecule has 1 aromatic heterocycles. The van der Waals surface area contributed by atoms with Gasteiger partial charge >= 0.3 is 0 Å². The summed E-state index contributed by atoms with van der Waals surface area (Å²) in [6, 6.07) is 15.3. The first kappa shape index (κ1) is 16.9. The molecule has 0 radical (unpaired) electrons. The van der Waals surface area contributed by atoms with Gasteiger partial charge in [0.25, 0.3) is 0 Å². The van der Waals surface area contributed by atoms with Crippen molar-refractivity contribution in [3.8, 4) is 23.0 Å². The Morgan fingerprint density at radius 3 is 2.61 bits per heavy atom. The first-order chi connectivity index (χ1) is 13.7. The normalized spacial score (nSPS) is 12.9. The van der Waals surface area contributed by atoms with Crippen LogP contribution in [0.1, 0.15) is 5.56 Å². The number of ether oxygens (including phenoxy) is 2. The summed E-state index contributed by atoms with van der Waals surface area (Å²) in [4.78, 5) is 9.01. The second kappa shape index (κ2) is 6.76. The summed E-state index contributed by atoms with van der Waals surface area (Å²) in [5.41, 5.74) is 3.64. The lowest BCUT2D eigenvalue weighted by Gasteiger charge is -2.01. The molecule has 4 aromatic rings. The van der Waals surface area contributed by atoms with Gasteiger partial charge in [-0.1, -0.05) is 0 Å². The van der Waals surface area contributed by atoms with E-state index in [-0.39, 0.29) is 12.6 Å². The molecule has 0 N–H and O–H groups in total. The van der Waals surface area contributed by atoms with Gasteiger partial charge in [-0.15, -0.1) is 0 Å². The summed E-state index contributed by atoms with van der Waals surface area (Å²) < 4.78 is 30.5. The summed E-state index contributed by atoms with van der Waals surface area (Å²) in [6.45, 7) is 0.224. The third kappa shape index (κ3) is 3.14. The van der Waals surface area contributed by atoms with Crippen LogP contribution in [0.15, 0.2) is 68.5 Å². The molecule has 1 aliphatic heterocycles. The molecule has 0 saturated carbocycles. The van der Waals surface area contributed by atoms with Crippen molar-refractivity contribution in [2.75, 3.05) is 6.79 Å². The van der Waals surface area contributed by atoms with E-state index in [1.165, 1.54) is 12.1 Å². The molecule has 0 amide bonds. The molecule has 0 bridgehead atoms. The Hall–Kier alpha value is -3.19. The van der Waals surface area contributed by atoms with Crippen LogP contribution in [-0.2, 0) is 0 Å². The molecule has 0 aliphatic carbocycles. The van der Waals surface area contributed by atoms with Crippen molar-refractivity contribution in [1.82, 2.24) is 4.98 Å². The third-order valence-electron chi connectivity index (χ3n) is 4.31. The van der Waals surface area contributed by atoms with Crippen molar-refractivity contribution in [3.63, 3.8) is 0 Å².